The van der Waals surface area contributed by atoms with Gasteiger partial charge in [-0.25, -0.2) is 0 Å². The van der Waals surface area contributed by atoms with E-state index in [0.29, 0.717) is 30.2 Å². The zero-order chi connectivity index (χ0) is 27.8. The van der Waals surface area contributed by atoms with Gasteiger partial charge in [-0.3, -0.25) is 9.59 Å². The molecule has 11 heteroatoms. The monoisotopic (exact) mass is 541 g/mol. The summed E-state index contributed by atoms with van der Waals surface area (Å²) in [6, 6.07) is 22.1. The molecule has 1 amide bonds. The second kappa shape index (κ2) is 12.3. The van der Waals surface area contributed by atoms with Crippen molar-refractivity contribution in [1.82, 2.24) is 10.2 Å². The van der Waals surface area contributed by atoms with Crippen LogP contribution in [0.25, 0.3) is 0 Å². The van der Waals surface area contributed by atoms with E-state index in [1.54, 1.807) is 12.1 Å². The van der Waals surface area contributed by atoms with Gasteiger partial charge in [-0.2, -0.15) is 4.99 Å². The van der Waals surface area contributed by atoms with E-state index < -0.39 is 12.3 Å². The highest BCUT2D eigenvalue weighted by atomic mass is 19.4. The number of carboxylic acids is 1. The lowest BCUT2D eigenvalue weighted by atomic mass is 10.0. The molecule has 0 bridgehead atoms. The van der Waals surface area contributed by atoms with Crippen LogP contribution >= 0.6 is 0 Å². The molecule has 1 aliphatic heterocycles. The summed E-state index contributed by atoms with van der Waals surface area (Å²) < 4.78 is 47.3. The van der Waals surface area contributed by atoms with Crippen LogP contribution in [0, 0.1) is 0 Å². The third-order valence-corrected chi connectivity index (χ3v) is 5.95. The van der Waals surface area contributed by atoms with Gasteiger partial charge in [0, 0.05) is 18.7 Å². The van der Waals surface area contributed by atoms with Gasteiger partial charge in [-0.15, -0.1) is 13.2 Å². The molecule has 1 saturated heterocycles. The van der Waals surface area contributed by atoms with Crippen molar-refractivity contribution in [3.05, 3.63) is 95.6 Å². The van der Waals surface area contributed by atoms with Crippen LogP contribution in [0.5, 0.6) is 5.75 Å². The number of amidine groups is 1. The largest absolute Gasteiger partial charge is 0.573 e. The van der Waals surface area contributed by atoms with Gasteiger partial charge >= 0.3 is 12.3 Å². The van der Waals surface area contributed by atoms with Gasteiger partial charge in [0.05, 0.1) is 18.2 Å². The molecule has 0 aliphatic carbocycles. The number of rotatable bonds is 10. The number of halogens is 3. The number of carbonyl (C=O) groups excluding carboxylic acids is 1. The first-order valence-corrected chi connectivity index (χ1v) is 12.2. The summed E-state index contributed by atoms with van der Waals surface area (Å²) in [7, 11) is 0. The molecule has 0 radical (unpaired) electrons. The lowest BCUT2D eigenvalue weighted by molar-refractivity contribution is -0.274. The Morgan fingerprint density at radius 2 is 1.72 bits per heavy atom. The average molecular weight is 542 g/mol. The molecule has 204 valence electrons. The minimum absolute atomic E-state index is 0.0305. The number of nitrogens with zero attached hydrogens (tertiary/aromatic N) is 2. The SMILES string of the molecule is O=C(O)CCNC(=O)c1ccc(C2COC(=Nc3ccc(OC(F)(F)F)cc3)N2CCc2ccccc2)cc1. The maximum Gasteiger partial charge on any atom is 0.573 e. The number of alkyl halides is 3. The fourth-order valence-corrected chi connectivity index (χ4v) is 4.05. The number of benzene rings is 3. The molecular weight excluding hydrogens is 515 g/mol. The van der Waals surface area contributed by atoms with Crippen LogP contribution in [0.2, 0.25) is 0 Å². The molecule has 1 aliphatic rings. The van der Waals surface area contributed by atoms with Crippen LogP contribution in [-0.2, 0) is 16.0 Å². The normalized spacial score (nSPS) is 16.1. The van der Waals surface area contributed by atoms with E-state index in [0.717, 1.165) is 11.1 Å². The minimum atomic E-state index is -4.78. The Morgan fingerprint density at radius 3 is 2.36 bits per heavy atom. The molecule has 1 atom stereocenters. The van der Waals surface area contributed by atoms with Gasteiger partial charge in [0.2, 0.25) is 0 Å². The summed E-state index contributed by atoms with van der Waals surface area (Å²) in [6.45, 7) is 0.871. The minimum Gasteiger partial charge on any atom is -0.481 e. The van der Waals surface area contributed by atoms with Gasteiger partial charge in [0.25, 0.3) is 11.9 Å². The van der Waals surface area contributed by atoms with Crippen molar-refractivity contribution in [3.8, 4) is 5.75 Å². The number of carboxylic acid groups (broad SMARTS) is 1. The Bertz CT molecular complexity index is 1300. The smallest absolute Gasteiger partial charge is 0.481 e. The molecule has 4 rings (SSSR count). The van der Waals surface area contributed by atoms with Crippen LogP contribution in [0.15, 0.2) is 83.9 Å². The maximum atomic E-state index is 12.5. The van der Waals surface area contributed by atoms with E-state index in [-0.39, 0.29) is 37.3 Å². The van der Waals surface area contributed by atoms with E-state index in [4.69, 9.17) is 9.84 Å². The van der Waals surface area contributed by atoms with Gasteiger partial charge in [0.15, 0.2) is 0 Å². The molecular formula is C28H26F3N3O5. The Balaban J connectivity index is 1.52. The van der Waals surface area contributed by atoms with Crippen LogP contribution < -0.4 is 10.1 Å². The summed E-state index contributed by atoms with van der Waals surface area (Å²) in [4.78, 5) is 29.5. The first kappa shape index (κ1) is 27.5. The van der Waals surface area contributed by atoms with Gasteiger partial charge in [0.1, 0.15) is 12.4 Å². The van der Waals surface area contributed by atoms with Gasteiger partial charge < -0.3 is 24.8 Å². The summed E-state index contributed by atoms with van der Waals surface area (Å²) in [5.41, 5.74) is 2.79. The number of amides is 1. The zero-order valence-corrected chi connectivity index (χ0v) is 20.7. The summed E-state index contributed by atoms with van der Waals surface area (Å²) in [5, 5.41) is 11.3. The average Bonchev–Trinajstić information content (AvgIpc) is 3.30. The van der Waals surface area contributed by atoms with Crippen molar-refractivity contribution in [2.24, 2.45) is 4.99 Å². The standard InChI is InChI=1S/C28H26F3N3O5/c29-28(30,31)39-23-12-10-22(11-13-23)33-27-34(17-15-19-4-2-1-3-5-19)24(18-38-27)20-6-8-21(9-7-20)26(37)32-16-14-25(35)36/h1-13,24H,14-18H2,(H,32,37)(H,35,36). The van der Waals surface area contributed by atoms with E-state index in [2.05, 4.69) is 15.0 Å². The number of ether oxygens (including phenoxy) is 2. The molecule has 1 fully saturated rings. The highest BCUT2D eigenvalue weighted by Gasteiger charge is 2.33. The molecule has 0 aromatic heterocycles. The van der Waals surface area contributed by atoms with E-state index in [1.165, 1.54) is 24.3 Å². The van der Waals surface area contributed by atoms with Crippen molar-refractivity contribution >= 4 is 23.6 Å². The van der Waals surface area contributed by atoms with Crippen molar-refractivity contribution < 1.29 is 37.3 Å². The molecule has 39 heavy (non-hydrogen) atoms. The third kappa shape index (κ3) is 7.97. The summed E-state index contributed by atoms with van der Waals surface area (Å²) >= 11 is 0. The number of aliphatic carboxylic acids is 1. The van der Waals surface area contributed by atoms with E-state index >= 15 is 0 Å². The van der Waals surface area contributed by atoms with Crippen molar-refractivity contribution in [1.29, 1.82) is 0 Å². The quantitative estimate of drug-likeness (QED) is 0.371. The number of carbonyl (C=O) groups is 2. The number of aliphatic imine (C=N–C) groups is 1. The Labute approximate surface area is 222 Å². The molecule has 2 N–H and O–H groups in total. The first-order chi connectivity index (χ1) is 18.7. The van der Waals surface area contributed by atoms with Gasteiger partial charge in [-0.05, 0) is 53.9 Å². The fraction of sp³-hybridized carbons (Fsp3) is 0.250. The van der Waals surface area contributed by atoms with Crippen LogP contribution in [0.3, 0.4) is 0 Å². The molecule has 0 spiro atoms. The Hall–Kier alpha value is -4.54. The van der Waals surface area contributed by atoms with Crippen LogP contribution in [-0.4, -0.2) is 54.0 Å². The third-order valence-electron chi connectivity index (χ3n) is 5.95. The predicted molar refractivity (Wildman–Crippen MR) is 137 cm³/mol. The Kier molecular flexibility index (Phi) is 8.70. The van der Waals surface area contributed by atoms with Crippen LogP contribution in [0.1, 0.15) is 33.9 Å². The van der Waals surface area contributed by atoms with Crippen LogP contribution in [0.4, 0.5) is 18.9 Å². The molecule has 1 unspecified atom stereocenters. The fourth-order valence-electron chi connectivity index (χ4n) is 4.05. The zero-order valence-electron chi connectivity index (χ0n) is 20.7. The molecule has 1 heterocycles. The lowest BCUT2D eigenvalue weighted by Gasteiger charge is -2.24. The predicted octanol–water partition coefficient (Wildman–Crippen LogP) is 5.09. The number of hydrogen-bond acceptors (Lipinski definition) is 5. The molecule has 3 aromatic rings. The lowest BCUT2D eigenvalue weighted by Crippen LogP contribution is -2.31. The Morgan fingerprint density at radius 1 is 1.03 bits per heavy atom. The number of nitrogens with one attached hydrogen (secondary N) is 1. The van der Waals surface area contributed by atoms with Crippen molar-refractivity contribution in [2.75, 3.05) is 19.7 Å². The van der Waals surface area contributed by atoms with Crippen molar-refractivity contribution in [2.45, 2.75) is 25.2 Å². The second-order valence-electron chi connectivity index (χ2n) is 8.71. The summed E-state index contributed by atoms with van der Waals surface area (Å²) in [5.74, 6) is -1.71. The topological polar surface area (TPSA) is 100 Å². The van der Waals surface area contributed by atoms with Crippen molar-refractivity contribution in [3.63, 3.8) is 0 Å². The highest BCUT2D eigenvalue weighted by Crippen LogP contribution is 2.31. The van der Waals surface area contributed by atoms with E-state index in [1.807, 2.05) is 47.4 Å². The summed E-state index contributed by atoms with van der Waals surface area (Å²) in [6.07, 6.45) is -4.25. The maximum absolute atomic E-state index is 12.5. The number of hydrogen-bond donors (Lipinski definition) is 2. The van der Waals surface area contributed by atoms with Gasteiger partial charge in [-0.1, -0.05) is 42.5 Å². The second-order valence-corrected chi connectivity index (χ2v) is 8.71. The molecule has 3 aromatic carbocycles. The highest BCUT2D eigenvalue weighted by molar-refractivity contribution is 5.94. The van der Waals surface area contributed by atoms with E-state index in [9.17, 15) is 22.8 Å². The first-order valence-electron chi connectivity index (χ1n) is 12.2. The molecule has 8 nitrogen and oxygen atoms in total. The molecule has 0 saturated carbocycles.